The lowest BCUT2D eigenvalue weighted by Gasteiger charge is -2.39. The Morgan fingerprint density at radius 1 is 1.06 bits per heavy atom. The molecular formula is C15H31N3. The molecule has 0 bridgehead atoms. The number of likely N-dealkylation sites (tertiary alicyclic amines) is 2. The lowest BCUT2D eigenvalue weighted by Crippen LogP contribution is -2.49. The molecule has 0 saturated carbocycles. The van der Waals surface area contributed by atoms with Gasteiger partial charge in [0, 0.05) is 18.6 Å². The van der Waals surface area contributed by atoms with Gasteiger partial charge in [0.2, 0.25) is 0 Å². The van der Waals surface area contributed by atoms with Crippen molar-refractivity contribution in [1.29, 1.82) is 0 Å². The highest BCUT2D eigenvalue weighted by atomic mass is 15.2. The van der Waals surface area contributed by atoms with Crippen molar-refractivity contribution < 1.29 is 0 Å². The minimum atomic E-state index is 0.597. The average Bonchev–Trinajstić information content (AvgIpc) is 2.91. The summed E-state index contributed by atoms with van der Waals surface area (Å²) in [5.41, 5.74) is 0. The van der Waals surface area contributed by atoms with Gasteiger partial charge in [0.25, 0.3) is 0 Å². The van der Waals surface area contributed by atoms with Crippen LogP contribution in [0.5, 0.6) is 0 Å². The standard InChI is InChI=1S/C15H31N3/c1-13(16-3)14(2)18-10-6-15(7-11-18)12-17-8-4-5-9-17/h13-16H,4-12H2,1-3H3. The zero-order chi connectivity index (χ0) is 13.0. The molecule has 0 aliphatic carbocycles. The SMILES string of the molecule is CNC(C)C(C)N1CCC(CN2CCCC2)CC1. The molecule has 2 unspecified atom stereocenters. The van der Waals surface area contributed by atoms with Crippen LogP contribution >= 0.6 is 0 Å². The van der Waals surface area contributed by atoms with E-state index in [1.54, 1.807) is 0 Å². The lowest BCUT2D eigenvalue weighted by molar-refractivity contribution is 0.107. The predicted molar refractivity (Wildman–Crippen MR) is 78.0 cm³/mol. The predicted octanol–water partition coefficient (Wildman–Crippen LogP) is 1.79. The fraction of sp³-hybridized carbons (Fsp3) is 1.00. The first-order chi connectivity index (χ1) is 8.70. The van der Waals surface area contributed by atoms with E-state index in [0.717, 1.165) is 5.92 Å². The molecule has 2 aliphatic heterocycles. The molecule has 1 N–H and O–H groups in total. The Bertz CT molecular complexity index is 230. The Morgan fingerprint density at radius 2 is 1.67 bits per heavy atom. The zero-order valence-corrected chi connectivity index (χ0v) is 12.5. The molecule has 0 amide bonds. The van der Waals surface area contributed by atoms with Crippen LogP contribution in [0.25, 0.3) is 0 Å². The Hall–Kier alpha value is -0.120. The van der Waals surface area contributed by atoms with E-state index in [0.29, 0.717) is 12.1 Å². The molecule has 2 saturated heterocycles. The highest BCUT2D eigenvalue weighted by molar-refractivity contribution is 4.83. The molecule has 2 atom stereocenters. The third kappa shape index (κ3) is 3.69. The van der Waals surface area contributed by atoms with Gasteiger partial charge in [0.05, 0.1) is 0 Å². The summed E-state index contributed by atoms with van der Waals surface area (Å²) >= 11 is 0. The van der Waals surface area contributed by atoms with E-state index in [1.165, 1.54) is 58.4 Å². The summed E-state index contributed by atoms with van der Waals surface area (Å²) in [7, 11) is 2.07. The van der Waals surface area contributed by atoms with Crippen LogP contribution in [0.4, 0.5) is 0 Å². The Kier molecular flexibility index (Phi) is 5.46. The Labute approximate surface area is 113 Å². The van der Waals surface area contributed by atoms with Crippen LogP contribution in [-0.2, 0) is 0 Å². The van der Waals surface area contributed by atoms with Gasteiger partial charge in [0.1, 0.15) is 0 Å². The quantitative estimate of drug-likeness (QED) is 0.806. The molecule has 0 aromatic rings. The van der Waals surface area contributed by atoms with Crippen LogP contribution in [0.15, 0.2) is 0 Å². The Balaban J connectivity index is 1.70. The van der Waals surface area contributed by atoms with E-state index in [1.807, 2.05) is 0 Å². The van der Waals surface area contributed by atoms with Crippen molar-refractivity contribution >= 4 is 0 Å². The van der Waals surface area contributed by atoms with Crippen LogP contribution in [0.3, 0.4) is 0 Å². The van der Waals surface area contributed by atoms with E-state index in [4.69, 9.17) is 0 Å². The molecule has 3 heteroatoms. The van der Waals surface area contributed by atoms with Gasteiger partial charge in [-0.1, -0.05) is 0 Å². The minimum Gasteiger partial charge on any atom is -0.316 e. The van der Waals surface area contributed by atoms with Gasteiger partial charge in [0.15, 0.2) is 0 Å². The molecule has 18 heavy (non-hydrogen) atoms. The van der Waals surface area contributed by atoms with Gasteiger partial charge < -0.3 is 10.2 Å². The normalized spacial score (nSPS) is 27.5. The van der Waals surface area contributed by atoms with Gasteiger partial charge in [-0.3, -0.25) is 4.90 Å². The maximum Gasteiger partial charge on any atom is 0.0218 e. The number of nitrogens with zero attached hydrogens (tertiary/aromatic N) is 2. The smallest absolute Gasteiger partial charge is 0.0218 e. The maximum atomic E-state index is 3.38. The summed E-state index contributed by atoms with van der Waals surface area (Å²) in [5.74, 6) is 0.955. The number of nitrogens with one attached hydrogen (secondary N) is 1. The second-order valence-electron chi connectivity index (χ2n) is 6.31. The maximum absolute atomic E-state index is 3.38. The fourth-order valence-electron chi connectivity index (χ4n) is 3.43. The van der Waals surface area contributed by atoms with Crippen molar-refractivity contribution in [1.82, 2.24) is 15.1 Å². The summed E-state index contributed by atoms with van der Waals surface area (Å²) in [6.07, 6.45) is 5.65. The molecule has 2 heterocycles. The monoisotopic (exact) mass is 253 g/mol. The number of hydrogen-bond donors (Lipinski definition) is 1. The topological polar surface area (TPSA) is 18.5 Å². The average molecular weight is 253 g/mol. The molecule has 0 aromatic heterocycles. The van der Waals surface area contributed by atoms with Gasteiger partial charge >= 0.3 is 0 Å². The van der Waals surface area contributed by atoms with Gasteiger partial charge in [-0.15, -0.1) is 0 Å². The third-order valence-electron chi connectivity index (χ3n) is 5.12. The molecule has 2 rings (SSSR count). The summed E-state index contributed by atoms with van der Waals surface area (Å²) in [4.78, 5) is 5.35. The molecule has 0 aromatic carbocycles. The molecule has 0 spiro atoms. The molecule has 106 valence electrons. The highest BCUT2D eigenvalue weighted by Crippen LogP contribution is 2.22. The number of piperidine rings is 1. The van der Waals surface area contributed by atoms with Crippen molar-refractivity contribution in [3.8, 4) is 0 Å². The summed E-state index contributed by atoms with van der Waals surface area (Å²) in [5, 5.41) is 3.38. The summed E-state index contributed by atoms with van der Waals surface area (Å²) < 4.78 is 0. The van der Waals surface area contributed by atoms with Gasteiger partial charge in [-0.25, -0.2) is 0 Å². The van der Waals surface area contributed by atoms with Crippen LogP contribution in [-0.4, -0.2) is 61.7 Å². The highest BCUT2D eigenvalue weighted by Gasteiger charge is 2.26. The van der Waals surface area contributed by atoms with Gasteiger partial charge in [-0.2, -0.15) is 0 Å². The molecule has 2 aliphatic rings. The van der Waals surface area contributed by atoms with Crippen molar-refractivity contribution in [2.75, 3.05) is 39.8 Å². The zero-order valence-electron chi connectivity index (χ0n) is 12.5. The van der Waals surface area contributed by atoms with Crippen LogP contribution in [0, 0.1) is 5.92 Å². The second kappa shape index (κ2) is 6.88. The first kappa shape index (κ1) is 14.3. The Morgan fingerprint density at radius 3 is 2.22 bits per heavy atom. The molecular weight excluding hydrogens is 222 g/mol. The number of likely N-dealkylation sites (N-methyl/N-ethyl adjacent to an activating group) is 1. The van der Waals surface area contributed by atoms with E-state index in [2.05, 4.69) is 36.0 Å². The van der Waals surface area contributed by atoms with Crippen LogP contribution < -0.4 is 5.32 Å². The van der Waals surface area contributed by atoms with Crippen LogP contribution in [0.2, 0.25) is 0 Å². The van der Waals surface area contributed by atoms with E-state index in [9.17, 15) is 0 Å². The van der Waals surface area contributed by atoms with E-state index < -0.39 is 0 Å². The van der Waals surface area contributed by atoms with Crippen molar-refractivity contribution in [3.05, 3.63) is 0 Å². The minimum absolute atomic E-state index is 0.597. The lowest BCUT2D eigenvalue weighted by atomic mass is 9.94. The summed E-state index contributed by atoms with van der Waals surface area (Å²) in [6, 6.07) is 1.27. The first-order valence-electron chi connectivity index (χ1n) is 7.84. The van der Waals surface area contributed by atoms with Gasteiger partial charge in [-0.05, 0) is 78.7 Å². The number of hydrogen-bond acceptors (Lipinski definition) is 3. The molecule has 3 nitrogen and oxygen atoms in total. The second-order valence-corrected chi connectivity index (χ2v) is 6.31. The fourth-order valence-corrected chi connectivity index (χ4v) is 3.43. The molecule has 0 radical (unpaired) electrons. The van der Waals surface area contributed by atoms with E-state index >= 15 is 0 Å². The summed E-state index contributed by atoms with van der Waals surface area (Å²) in [6.45, 7) is 11.3. The number of rotatable bonds is 5. The largest absolute Gasteiger partial charge is 0.316 e. The van der Waals surface area contributed by atoms with Crippen molar-refractivity contribution in [2.45, 2.75) is 51.6 Å². The van der Waals surface area contributed by atoms with Crippen LogP contribution in [0.1, 0.15) is 39.5 Å². The van der Waals surface area contributed by atoms with Crippen molar-refractivity contribution in [3.63, 3.8) is 0 Å². The van der Waals surface area contributed by atoms with Crippen molar-refractivity contribution in [2.24, 2.45) is 5.92 Å². The third-order valence-corrected chi connectivity index (χ3v) is 5.12. The first-order valence-corrected chi connectivity index (χ1v) is 7.84. The molecule has 2 fully saturated rings. The van der Waals surface area contributed by atoms with E-state index in [-0.39, 0.29) is 0 Å².